The Kier molecular flexibility index (Phi) is 5.63. The lowest BCUT2D eigenvalue weighted by atomic mass is 9.85. The van der Waals surface area contributed by atoms with Crippen LogP contribution in [0.25, 0.3) is 0 Å². The average Bonchev–Trinajstić information content (AvgIpc) is 2.34. The molecular formula is C16H24BrNO2. The lowest BCUT2D eigenvalue weighted by Gasteiger charge is -2.34. The van der Waals surface area contributed by atoms with Crippen LogP contribution in [0.2, 0.25) is 0 Å². The largest absolute Gasteiger partial charge is 0.444 e. The second kappa shape index (κ2) is 6.61. The van der Waals surface area contributed by atoms with Crippen LogP contribution < -0.4 is 5.32 Å². The first kappa shape index (κ1) is 17.0. The van der Waals surface area contributed by atoms with Gasteiger partial charge < -0.3 is 10.1 Å². The zero-order valence-electron chi connectivity index (χ0n) is 12.9. The van der Waals surface area contributed by atoms with Crippen molar-refractivity contribution in [1.29, 1.82) is 0 Å². The fourth-order valence-electron chi connectivity index (χ4n) is 2.19. The minimum Gasteiger partial charge on any atom is -0.444 e. The topological polar surface area (TPSA) is 38.3 Å². The van der Waals surface area contributed by atoms with E-state index in [0.29, 0.717) is 0 Å². The molecule has 0 fully saturated rings. The van der Waals surface area contributed by atoms with Gasteiger partial charge in [-0.2, -0.15) is 0 Å². The van der Waals surface area contributed by atoms with E-state index >= 15 is 0 Å². The monoisotopic (exact) mass is 341 g/mol. The van der Waals surface area contributed by atoms with Crippen molar-refractivity contribution in [1.82, 2.24) is 5.32 Å². The molecule has 0 bridgehead atoms. The van der Waals surface area contributed by atoms with E-state index in [1.807, 2.05) is 45.0 Å². The smallest absolute Gasteiger partial charge is 0.408 e. The molecule has 3 nitrogen and oxygen atoms in total. The summed E-state index contributed by atoms with van der Waals surface area (Å²) in [4.78, 5) is 12.1. The van der Waals surface area contributed by atoms with Gasteiger partial charge in [0.15, 0.2) is 0 Å². The summed E-state index contributed by atoms with van der Waals surface area (Å²) in [6.45, 7) is 9.74. The van der Waals surface area contributed by atoms with Crippen molar-refractivity contribution in [2.45, 2.75) is 58.6 Å². The number of halogens is 1. The summed E-state index contributed by atoms with van der Waals surface area (Å²) in [5, 5.41) is 3.05. The lowest BCUT2D eigenvalue weighted by Crippen LogP contribution is -2.47. The third-order valence-electron chi connectivity index (χ3n) is 3.32. The molecule has 0 aromatic heterocycles. The zero-order chi connectivity index (χ0) is 15.4. The van der Waals surface area contributed by atoms with E-state index in [4.69, 9.17) is 4.74 Å². The molecule has 0 saturated carbocycles. The Bertz CT molecular complexity index is 462. The fraction of sp³-hybridized carbons (Fsp3) is 0.562. The number of rotatable bonds is 4. The van der Waals surface area contributed by atoms with Crippen LogP contribution in [0.5, 0.6) is 0 Å². The molecule has 0 spiro atoms. The van der Waals surface area contributed by atoms with E-state index in [9.17, 15) is 4.79 Å². The summed E-state index contributed by atoms with van der Waals surface area (Å²) >= 11 is 3.48. The highest BCUT2D eigenvalue weighted by Crippen LogP contribution is 2.31. The minimum absolute atomic E-state index is 0.374. The first-order chi connectivity index (χ1) is 9.22. The number of carbonyl (C=O) groups is 1. The number of ether oxygens (including phenoxy) is 1. The van der Waals surface area contributed by atoms with Crippen molar-refractivity contribution < 1.29 is 9.53 Å². The summed E-state index contributed by atoms with van der Waals surface area (Å²) in [6, 6.07) is 8.04. The third-order valence-corrected chi connectivity index (χ3v) is 3.82. The molecule has 0 saturated heterocycles. The molecule has 0 radical (unpaired) electrons. The number of nitrogens with one attached hydrogen (secondary N) is 1. The molecular weight excluding hydrogens is 318 g/mol. The van der Waals surface area contributed by atoms with Crippen molar-refractivity contribution in [3.63, 3.8) is 0 Å². The maximum Gasteiger partial charge on any atom is 0.408 e. The van der Waals surface area contributed by atoms with Gasteiger partial charge in [-0.3, -0.25) is 0 Å². The number of amides is 1. The number of hydrogen-bond acceptors (Lipinski definition) is 2. The normalized spacial score (nSPS) is 12.1. The van der Waals surface area contributed by atoms with Crippen molar-refractivity contribution >= 4 is 22.0 Å². The number of benzene rings is 1. The van der Waals surface area contributed by atoms with Crippen molar-refractivity contribution in [2.24, 2.45) is 0 Å². The first-order valence-corrected chi connectivity index (χ1v) is 7.79. The van der Waals surface area contributed by atoms with E-state index in [1.165, 1.54) is 0 Å². The van der Waals surface area contributed by atoms with Gasteiger partial charge >= 0.3 is 6.09 Å². The number of carbonyl (C=O) groups excluding carboxylic acids is 1. The van der Waals surface area contributed by atoms with Gasteiger partial charge in [-0.25, -0.2) is 4.79 Å². The SMILES string of the molecule is CCC(CC)(NC(=O)OC(C)(C)C)c1cccc(Br)c1. The Hall–Kier alpha value is -1.03. The van der Waals surface area contributed by atoms with E-state index in [2.05, 4.69) is 35.1 Å². The van der Waals surface area contributed by atoms with Crippen molar-refractivity contribution in [3.8, 4) is 0 Å². The van der Waals surface area contributed by atoms with Crippen LogP contribution in [-0.4, -0.2) is 11.7 Å². The third kappa shape index (κ3) is 4.51. The molecule has 4 heteroatoms. The second-order valence-corrected chi connectivity index (χ2v) is 6.84. The number of hydrogen-bond donors (Lipinski definition) is 1. The Morgan fingerprint density at radius 2 is 1.85 bits per heavy atom. The quantitative estimate of drug-likeness (QED) is 0.837. The van der Waals surface area contributed by atoms with Crippen LogP contribution in [0, 0.1) is 0 Å². The highest BCUT2D eigenvalue weighted by molar-refractivity contribution is 9.10. The standard InChI is InChI=1S/C16H24BrNO2/c1-6-16(7-2,12-9-8-10-13(17)11-12)18-14(19)20-15(3,4)5/h8-11H,6-7H2,1-5H3,(H,18,19). The molecule has 1 aromatic carbocycles. The molecule has 20 heavy (non-hydrogen) atoms. The molecule has 0 aliphatic heterocycles. The van der Waals surface area contributed by atoms with Gasteiger partial charge in [-0.1, -0.05) is 41.9 Å². The molecule has 0 heterocycles. The first-order valence-electron chi connectivity index (χ1n) is 6.99. The van der Waals surface area contributed by atoms with E-state index < -0.39 is 11.1 Å². The van der Waals surface area contributed by atoms with Crippen LogP contribution in [0.1, 0.15) is 53.0 Å². The summed E-state index contributed by atoms with van der Waals surface area (Å²) in [5.74, 6) is 0. The predicted molar refractivity (Wildman–Crippen MR) is 85.8 cm³/mol. The maximum absolute atomic E-state index is 12.1. The van der Waals surface area contributed by atoms with Crippen LogP contribution in [-0.2, 0) is 10.3 Å². The van der Waals surface area contributed by atoms with Gasteiger partial charge in [0.2, 0.25) is 0 Å². The molecule has 0 unspecified atom stereocenters. The molecule has 1 rings (SSSR count). The Labute approximate surface area is 130 Å². The summed E-state index contributed by atoms with van der Waals surface area (Å²) in [5.41, 5.74) is 0.198. The summed E-state index contributed by atoms with van der Waals surface area (Å²) in [7, 11) is 0. The van der Waals surface area contributed by atoms with Crippen LogP contribution in [0.3, 0.4) is 0 Å². The van der Waals surface area contributed by atoms with Crippen LogP contribution in [0.15, 0.2) is 28.7 Å². The second-order valence-electron chi connectivity index (χ2n) is 5.93. The highest BCUT2D eigenvalue weighted by Gasteiger charge is 2.32. The van der Waals surface area contributed by atoms with Crippen LogP contribution in [0.4, 0.5) is 4.79 Å². The number of alkyl carbamates (subject to hydrolysis) is 1. The van der Waals surface area contributed by atoms with Crippen LogP contribution >= 0.6 is 15.9 Å². The van der Waals surface area contributed by atoms with E-state index in [1.54, 1.807) is 0 Å². The Balaban J connectivity index is 3.01. The lowest BCUT2D eigenvalue weighted by molar-refractivity contribution is 0.0443. The van der Waals surface area contributed by atoms with Gasteiger partial charge in [0, 0.05) is 4.47 Å². The minimum atomic E-state index is -0.491. The van der Waals surface area contributed by atoms with Gasteiger partial charge in [-0.05, 0) is 51.3 Å². The fourth-order valence-corrected chi connectivity index (χ4v) is 2.59. The zero-order valence-corrected chi connectivity index (χ0v) is 14.5. The van der Waals surface area contributed by atoms with Gasteiger partial charge in [0.25, 0.3) is 0 Å². The molecule has 112 valence electrons. The Morgan fingerprint density at radius 3 is 2.30 bits per heavy atom. The predicted octanol–water partition coefficient (Wildman–Crippen LogP) is 4.99. The average molecular weight is 342 g/mol. The molecule has 1 N–H and O–H groups in total. The molecule has 0 atom stereocenters. The van der Waals surface area contributed by atoms with E-state index in [0.717, 1.165) is 22.9 Å². The Morgan fingerprint density at radius 1 is 1.25 bits per heavy atom. The van der Waals surface area contributed by atoms with Crippen molar-refractivity contribution in [3.05, 3.63) is 34.3 Å². The molecule has 0 aliphatic carbocycles. The molecule has 1 amide bonds. The van der Waals surface area contributed by atoms with Gasteiger partial charge in [-0.15, -0.1) is 0 Å². The molecule has 1 aromatic rings. The maximum atomic E-state index is 12.1. The van der Waals surface area contributed by atoms with Gasteiger partial charge in [0.05, 0.1) is 5.54 Å². The van der Waals surface area contributed by atoms with Gasteiger partial charge in [0.1, 0.15) is 5.60 Å². The van der Waals surface area contributed by atoms with E-state index in [-0.39, 0.29) is 6.09 Å². The summed E-state index contributed by atoms with van der Waals surface area (Å²) < 4.78 is 6.39. The van der Waals surface area contributed by atoms with Crippen molar-refractivity contribution in [2.75, 3.05) is 0 Å². The highest BCUT2D eigenvalue weighted by atomic mass is 79.9. The summed E-state index contributed by atoms with van der Waals surface area (Å²) in [6.07, 6.45) is 1.24. The molecule has 0 aliphatic rings.